The van der Waals surface area contributed by atoms with Gasteiger partial charge in [0.2, 0.25) is 0 Å². The third-order valence-corrected chi connectivity index (χ3v) is 6.59. The van der Waals surface area contributed by atoms with Crippen LogP contribution in [0.15, 0.2) is 77.7 Å². The number of amides is 1. The number of nitrogens with one attached hydrogen (secondary N) is 2. The van der Waals surface area contributed by atoms with E-state index in [2.05, 4.69) is 4.72 Å². The lowest BCUT2D eigenvalue weighted by molar-refractivity contribution is 0.0985. The fourth-order valence-electron chi connectivity index (χ4n) is 3.63. The number of hydrogen-bond donors (Lipinski definition) is 3. The number of carbonyl (C=O) groups is 1. The number of amidine groups is 1. The van der Waals surface area contributed by atoms with E-state index in [1.165, 1.54) is 0 Å². The topological polar surface area (TPSA) is 116 Å². The number of nitrogens with zero attached hydrogens (tertiary/aromatic N) is 1. The molecule has 1 amide bonds. The van der Waals surface area contributed by atoms with Crippen LogP contribution in [0, 0.1) is 5.41 Å². The van der Waals surface area contributed by atoms with Gasteiger partial charge in [-0.15, -0.1) is 12.4 Å². The van der Waals surface area contributed by atoms with Crippen molar-refractivity contribution in [3.63, 3.8) is 0 Å². The average Bonchev–Trinajstić information content (AvgIpc) is 2.78. The molecule has 0 bridgehead atoms. The smallest absolute Gasteiger partial charge is 0.261 e. The Morgan fingerprint density at radius 2 is 1.62 bits per heavy atom. The largest absolute Gasteiger partial charge is 0.384 e. The first-order valence-corrected chi connectivity index (χ1v) is 11.3. The fourth-order valence-corrected chi connectivity index (χ4v) is 4.70. The molecule has 4 N–H and O–H groups in total. The molecule has 1 aliphatic rings. The zero-order chi connectivity index (χ0) is 22.0. The number of nitrogen functional groups attached to an aromatic ring is 1. The number of rotatable bonds is 5. The van der Waals surface area contributed by atoms with Crippen LogP contribution >= 0.6 is 12.4 Å². The molecule has 0 aromatic heterocycles. The molecule has 1 heterocycles. The Kier molecular flexibility index (Phi) is 6.86. The van der Waals surface area contributed by atoms with E-state index in [4.69, 9.17) is 11.1 Å². The maximum atomic E-state index is 13.1. The molecule has 0 atom stereocenters. The van der Waals surface area contributed by atoms with Crippen LogP contribution in [0.25, 0.3) is 0 Å². The van der Waals surface area contributed by atoms with Crippen molar-refractivity contribution in [2.45, 2.75) is 17.7 Å². The number of benzene rings is 3. The summed E-state index contributed by atoms with van der Waals surface area (Å²) in [5.41, 5.74) is 8.69. The van der Waals surface area contributed by atoms with Crippen molar-refractivity contribution in [1.82, 2.24) is 0 Å². The summed E-state index contributed by atoms with van der Waals surface area (Å²) in [5, 5.41) is 7.48. The van der Waals surface area contributed by atoms with Crippen LogP contribution in [0.3, 0.4) is 0 Å². The molecule has 0 unspecified atom stereocenters. The lowest BCUT2D eigenvalue weighted by Gasteiger charge is -2.30. The van der Waals surface area contributed by atoms with Gasteiger partial charge < -0.3 is 10.6 Å². The molecule has 32 heavy (non-hydrogen) atoms. The van der Waals surface area contributed by atoms with E-state index in [1.807, 2.05) is 0 Å². The van der Waals surface area contributed by atoms with Crippen LogP contribution < -0.4 is 15.4 Å². The van der Waals surface area contributed by atoms with Gasteiger partial charge in [0.25, 0.3) is 15.9 Å². The first-order valence-electron chi connectivity index (χ1n) is 9.82. The van der Waals surface area contributed by atoms with E-state index in [0.717, 1.165) is 24.1 Å². The highest BCUT2D eigenvalue weighted by Gasteiger charge is 2.24. The molecule has 0 spiro atoms. The lowest BCUT2D eigenvalue weighted by atomic mass is 10.00. The normalized spacial score (nSPS) is 12.9. The SMILES string of the molecule is Cl.N=C(N)c1ccc(C(=O)N2CCCc3cc(NS(=O)(=O)c4ccccc4)ccc32)cc1. The van der Waals surface area contributed by atoms with Gasteiger partial charge in [-0.3, -0.25) is 14.9 Å². The number of halogens is 1. The van der Waals surface area contributed by atoms with Crippen molar-refractivity contribution in [3.8, 4) is 0 Å². The van der Waals surface area contributed by atoms with Crippen LogP contribution in [-0.4, -0.2) is 26.7 Å². The molecule has 0 fully saturated rings. The summed E-state index contributed by atoms with van der Waals surface area (Å²) in [6.07, 6.45) is 1.53. The highest BCUT2D eigenvalue weighted by Crippen LogP contribution is 2.31. The summed E-state index contributed by atoms with van der Waals surface area (Å²) in [6.45, 7) is 0.579. The third kappa shape index (κ3) is 4.76. The highest BCUT2D eigenvalue weighted by atomic mass is 35.5. The third-order valence-electron chi connectivity index (χ3n) is 5.19. The van der Waals surface area contributed by atoms with Gasteiger partial charge in [-0.25, -0.2) is 8.42 Å². The van der Waals surface area contributed by atoms with E-state index in [9.17, 15) is 13.2 Å². The number of anilines is 2. The highest BCUT2D eigenvalue weighted by molar-refractivity contribution is 7.92. The molecule has 0 aliphatic carbocycles. The van der Waals surface area contributed by atoms with Crippen molar-refractivity contribution in [3.05, 3.63) is 89.5 Å². The van der Waals surface area contributed by atoms with E-state index in [-0.39, 0.29) is 29.0 Å². The van der Waals surface area contributed by atoms with E-state index in [1.54, 1.807) is 77.7 Å². The van der Waals surface area contributed by atoms with Crippen LogP contribution in [0.1, 0.15) is 27.9 Å². The zero-order valence-electron chi connectivity index (χ0n) is 17.1. The molecule has 4 rings (SSSR count). The average molecular weight is 471 g/mol. The number of nitrogens with two attached hydrogens (primary N) is 1. The molecule has 166 valence electrons. The quantitative estimate of drug-likeness (QED) is 0.388. The molecule has 9 heteroatoms. The Morgan fingerprint density at radius 3 is 2.28 bits per heavy atom. The predicted molar refractivity (Wildman–Crippen MR) is 128 cm³/mol. The molecule has 0 saturated heterocycles. The van der Waals surface area contributed by atoms with Crippen LogP contribution in [0.4, 0.5) is 11.4 Å². The second kappa shape index (κ2) is 9.42. The lowest BCUT2D eigenvalue weighted by Crippen LogP contribution is -2.35. The zero-order valence-corrected chi connectivity index (χ0v) is 18.7. The second-order valence-corrected chi connectivity index (χ2v) is 9.00. The fraction of sp³-hybridized carbons (Fsp3) is 0.130. The van der Waals surface area contributed by atoms with Gasteiger partial charge in [-0.2, -0.15) is 0 Å². The van der Waals surface area contributed by atoms with Gasteiger partial charge in [-0.05, 0) is 60.9 Å². The summed E-state index contributed by atoms with van der Waals surface area (Å²) in [4.78, 5) is 15.0. The molecule has 3 aromatic rings. The minimum absolute atomic E-state index is 0. The van der Waals surface area contributed by atoms with Gasteiger partial charge >= 0.3 is 0 Å². The van der Waals surface area contributed by atoms with E-state index in [0.29, 0.717) is 23.4 Å². The number of fused-ring (bicyclic) bond motifs is 1. The first kappa shape index (κ1) is 23.3. The second-order valence-electron chi connectivity index (χ2n) is 7.31. The summed E-state index contributed by atoms with van der Waals surface area (Å²) in [5.74, 6) is -0.193. The predicted octanol–water partition coefficient (Wildman–Crippen LogP) is 3.79. The Hall–Kier alpha value is -3.36. The van der Waals surface area contributed by atoms with Gasteiger partial charge in [0, 0.05) is 29.0 Å². The van der Waals surface area contributed by atoms with E-state index >= 15 is 0 Å². The van der Waals surface area contributed by atoms with Gasteiger partial charge in [0.05, 0.1) is 4.90 Å². The van der Waals surface area contributed by atoms with Gasteiger partial charge in [-0.1, -0.05) is 30.3 Å². The standard InChI is InChI=1S/C23H22N4O3S.ClH/c24-22(25)16-8-10-17(11-9-16)23(28)27-14-4-5-18-15-19(12-13-21(18)27)26-31(29,30)20-6-2-1-3-7-20;/h1-3,6-13,15,26H,4-5,14H2,(H3,24,25);1H. The molecule has 0 radical (unpaired) electrons. The number of hydrogen-bond acceptors (Lipinski definition) is 4. The Labute approximate surface area is 193 Å². The van der Waals surface area contributed by atoms with Gasteiger partial charge in [0.15, 0.2) is 0 Å². The minimum atomic E-state index is -3.68. The van der Waals surface area contributed by atoms with Crippen LogP contribution in [-0.2, 0) is 16.4 Å². The molecular formula is C23H23ClN4O3S. The number of aryl methyl sites for hydroxylation is 1. The maximum Gasteiger partial charge on any atom is 0.261 e. The summed E-state index contributed by atoms with van der Waals surface area (Å²) in [7, 11) is -3.68. The van der Waals surface area contributed by atoms with Crippen molar-refractivity contribution < 1.29 is 13.2 Å². The van der Waals surface area contributed by atoms with Crippen LogP contribution in [0.2, 0.25) is 0 Å². The maximum absolute atomic E-state index is 13.1. The summed E-state index contributed by atoms with van der Waals surface area (Å²) < 4.78 is 27.8. The Bertz CT molecular complexity index is 1250. The summed E-state index contributed by atoms with van der Waals surface area (Å²) in [6, 6.07) is 20.1. The minimum Gasteiger partial charge on any atom is -0.384 e. The Balaban J connectivity index is 0.00000289. The van der Waals surface area contributed by atoms with Crippen LogP contribution in [0.5, 0.6) is 0 Å². The summed E-state index contributed by atoms with van der Waals surface area (Å²) >= 11 is 0. The van der Waals surface area contributed by atoms with Gasteiger partial charge in [0.1, 0.15) is 5.84 Å². The van der Waals surface area contributed by atoms with Crippen molar-refractivity contribution in [1.29, 1.82) is 5.41 Å². The molecule has 0 saturated carbocycles. The van der Waals surface area contributed by atoms with Crippen molar-refractivity contribution >= 4 is 45.5 Å². The van der Waals surface area contributed by atoms with E-state index < -0.39 is 10.0 Å². The van der Waals surface area contributed by atoms with Crippen molar-refractivity contribution in [2.75, 3.05) is 16.2 Å². The monoisotopic (exact) mass is 470 g/mol. The molecule has 3 aromatic carbocycles. The molecule has 1 aliphatic heterocycles. The Morgan fingerprint density at radius 1 is 0.969 bits per heavy atom. The van der Waals surface area contributed by atoms with Crippen molar-refractivity contribution in [2.24, 2.45) is 5.73 Å². The molecular weight excluding hydrogens is 448 g/mol. The number of sulfonamides is 1. The molecule has 7 nitrogen and oxygen atoms in total. The number of carbonyl (C=O) groups excluding carboxylic acids is 1. The first-order chi connectivity index (χ1) is 14.8.